The van der Waals surface area contributed by atoms with Crippen molar-refractivity contribution in [2.24, 2.45) is 7.05 Å². The van der Waals surface area contributed by atoms with Crippen LogP contribution in [-0.2, 0) is 34.3 Å². The average Bonchev–Trinajstić information content (AvgIpc) is 3.50. The summed E-state index contributed by atoms with van der Waals surface area (Å²) in [4.78, 5) is 37.2. The van der Waals surface area contributed by atoms with Crippen molar-refractivity contribution >= 4 is 45.9 Å². The van der Waals surface area contributed by atoms with Crippen molar-refractivity contribution in [2.75, 3.05) is 25.3 Å². The van der Waals surface area contributed by atoms with Crippen LogP contribution >= 0.6 is 23.1 Å². The van der Waals surface area contributed by atoms with Gasteiger partial charge in [-0.25, -0.2) is 9.59 Å². The molecule has 0 aromatic carbocycles. The number of aromatic nitrogens is 4. The van der Waals surface area contributed by atoms with Crippen LogP contribution in [0.15, 0.2) is 36.1 Å². The zero-order valence-electron chi connectivity index (χ0n) is 19.3. The van der Waals surface area contributed by atoms with Gasteiger partial charge in [-0.15, -0.1) is 28.1 Å². The Morgan fingerprint density at radius 2 is 1.97 bits per heavy atom. The van der Waals surface area contributed by atoms with Crippen molar-refractivity contribution in [1.82, 2.24) is 19.3 Å². The van der Waals surface area contributed by atoms with Crippen LogP contribution in [0.5, 0.6) is 0 Å². The van der Waals surface area contributed by atoms with Gasteiger partial charge < -0.3 is 23.9 Å². The Kier molecular flexibility index (Phi) is 8.29. The molecule has 3 rings (SSSR count). The Morgan fingerprint density at radius 3 is 2.59 bits per heavy atom. The van der Waals surface area contributed by atoms with Crippen molar-refractivity contribution < 1.29 is 23.9 Å². The number of aryl methyl sites for hydroxylation is 1. The highest BCUT2D eigenvalue weighted by atomic mass is 32.2. The highest BCUT2D eigenvalue weighted by Gasteiger charge is 2.27. The van der Waals surface area contributed by atoms with Gasteiger partial charge in [-0.2, -0.15) is 0 Å². The van der Waals surface area contributed by atoms with E-state index in [1.165, 1.54) is 26.0 Å². The fourth-order valence-electron chi connectivity index (χ4n) is 3.24. The molecule has 34 heavy (non-hydrogen) atoms. The Bertz CT molecular complexity index is 1230. The Balaban J connectivity index is 1.75. The standard InChI is InChI=1S/C22H25N5O5S2/c1-6-9-27-15(11-14-8-7-10-26(14)3)24-25-22(27)33-12-16(28)23-19-17(20(29)31-4)13(2)18(34-19)21(30)32-5/h6-8,10H,1,9,11-12H2,2-5H3,(H,23,28). The molecule has 12 heteroatoms. The second-order valence-electron chi connectivity index (χ2n) is 7.17. The van der Waals surface area contributed by atoms with E-state index in [1.54, 1.807) is 13.0 Å². The van der Waals surface area contributed by atoms with Gasteiger partial charge in [0.05, 0.1) is 25.5 Å². The third-order valence-electron chi connectivity index (χ3n) is 4.99. The lowest BCUT2D eigenvalue weighted by atomic mass is 10.1. The average molecular weight is 504 g/mol. The van der Waals surface area contributed by atoms with Gasteiger partial charge in [0.15, 0.2) is 5.16 Å². The number of hydrogen-bond acceptors (Lipinski definition) is 9. The molecular formula is C22H25N5O5S2. The number of carbonyl (C=O) groups is 3. The molecule has 3 heterocycles. The number of allylic oxidation sites excluding steroid dienone is 1. The van der Waals surface area contributed by atoms with E-state index in [9.17, 15) is 14.4 Å². The molecule has 0 atom stereocenters. The Labute approximate surface area is 205 Å². The molecule has 0 aliphatic heterocycles. The second-order valence-corrected chi connectivity index (χ2v) is 9.13. The third kappa shape index (κ3) is 5.39. The largest absolute Gasteiger partial charge is 0.465 e. The Morgan fingerprint density at radius 1 is 1.24 bits per heavy atom. The maximum Gasteiger partial charge on any atom is 0.348 e. The van der Waals surface area contributed by atoms with Crippen LogP contribution in [0.1, 0.15) is 37.1 Å². The van der Waals surface area contributed by atoms with Gasteiger partial charge in [0, 0.05) is 31.9 Å². The van der Waals surface area contributed by atoms with Crippen LogP contribution in [0.25, 0.3) is 0 Å². The molecule has 0 unspecified atom stereocenters. The zero-order chi connectivity index (χ0) is 24.8. The summed E-state index contributed by atoms with van der Waals surface area (Å²) in [6, 6.07) is 3.97. The quantitative estimate of drug-likeness (QED) is 0.255. The van der Waals surface area contributed by atoms with Gasteiger partial charge in [-0.05, 0) is 24.6 Å². The molecule has 1 amide bonds. The molecule has 0 fully saturated rings. The SMILES string of the molecule is C=CCn1c(Cc2cccn2C)nnc1SCC(=O)Nc1sc(C(=O)OC)c(C)c1C(=O)OC. The van der Waals surface area contributed by atoms with Gasteiger partial charge >= 0.3 is 11.9 Å². The predicted octanol–water partition coefficient (Wildman–Crippen LogP) is 3.07. The first-order valence-corrected chi connectivity index (χ1v) is 12.0. The van der Waals surface area contributed by atoms with Crippen LogP contribution in [-0.4, -0.2) is 57.1 Å². The van der Waals surface area contributed by atoms with Crippen molar-refractivity contribution in [2.45, 2.75) is 25.0 Å². The third-order valence-corrected chi connectivity index (χ3v) is 7.14. The van der Waals surface area contributed by atoms with Crippen molar-refractivity contribution in [3.05, 3.63) is 58.5 Å². The van der Waals surface area contributed by atoms with E-state index in [2.05, 4.69) is 22.1 Å². The van der Waals surface area contributed by atoms with Crippen LogP contribution in [0.2, 0.25) is 0 Å². The number of anilines is 1. The minimum absolute atomic E-state index is 0.0184. The van der Waals surface area contributed by atoms with E-state index in [1.807, 2.05) is 34.5 Å². The number of thioether (sulfide) groups is 1. The van der Waals surface area contributed by atoms with Gasteiger partial charge in [0.1, 0.15) is 15.7 Å². The molecule has 180 valence electrons. The summed E-state index contributed by atoms with van der Waals surface area (Å²) >= 11 is 2.18. The fraction of sp³-hybridized carbons (Fsp3) is 0.318. The molecule has 3 aromatic heterocycles. The molecule has 0 saturated carbocycles. The summed E-state index contributed by atoms with van der Waals surface area (Å²) < 4.78 is 13.5. The smallest absolute Gasteiger partial charge is 0.348 e. The lowest BCUT2D eigenvalue weighted by Crippen LogP contribution is -2.16. The number of esters is 2. The van der Waals surface area contributed by atoms with Crippen molar-refractivity contribution in [3.8, 4) is 0 Å². The first-order valence-electron chi connectivity index (χ1n) is 10.2. The van der Waals surface area contributed by atoms with E-state index in [4.69, 9.17) is 9.47 Å². The zero-order valence-corrected chi connectivity index (χ0v) is 20.9. The second kappa shape index (κ2) is 11.2. The molecule has 1 N–H and O–H groups in total. The molecule has 0 radical (unpaired) electrons. The van der Waals surface area contributed by atoms with Gasteiger partial charge in [0.2, 0.25) is 5.91 Å². The fourth-order valence-corrected chi connectivity index (χ4v) is 5.14. The molecule has 3 aromatic rings. The summed E-state index contributed by atoms with van der Waals surface area (Å²) in [6.07, 6.45) is 4.29. The first kappa shape index (κ1) is 25.2. The van der Waals surface area contributed by atoms with Crippen LogP contribution in [0.4, 0.5) is 5.00 Å². The topological polar surface area (TPSA) is 117 Å². The van der Waals surface area contributed by atoms with Crippen molar-refractivity contribution in [1.29, 1.82) is 0 Å². The number of hydrogen-bond donors (Lipinski definition) is 1. The normalized spacial score (nSPS) is 10.7. The summed E-state index contributed by atoms with van der Waals surface area (Å²) in [6.45, 7) is 5.90. The molecule has 0 saturated heterocycles. The summed E-state index contributed by atoms with van der Waals surface area (Å²) in [7, 11) is 4.45. The minimum Gasteiger partial charge on any atom is -0.465 e. The number of nitrogens with one attached hydrogen (secondary N) is 1. The number of rotatable bonds is 10. The van der Waals surface area contributed by atoms with E-state index < -0.39 is 11.9 Å². The summed E-state index contributed by atoms with van der Waals surface area (Å²) in [5, 5.41) is 12.0. The van der Waals surface area contributed by atoms with Gasteiger partial charge in [-0.1, -0.05) is 17.8 Å². The summed E-state index contributed by atoms with van der Waals surface area (Å²) in [5.74, 6) is -0.835. The van der Waals surface area contributed by atoms with Crippen LogP contribution < -0.4 is 5.32 Å². The summed E-state index contributed by atoms with van der Waals surface area (Å²) in [5.41, 5.74) is 1.60. The van der Waals surface area contributed by atoms with E-state index in [0.717, 1.165) is 22.9 Å². The van der Waals surface area contributed by atoms with Crippen molar-refractivity contribution in [3.63, 3.8) is 0 Å². The molecular weight excluding hydrogens is 478 g/mol. The number of thiophene rings is 1. The lowest BCUT2D eigenvalue weighted by molar-refractivity contribution is -0.113. The number of nitrogens with zero attached hydrogens (tertiary/aromatic N) is 4. The predicted molar refractivity (Wildman–Crippen MR) is 130 cm³/mol. The van der Waals surface area contributed by atoms with E-state index in [0.29, 0.717) is 23.7 Å². The number of methoxy groups -OCH3 is 2. The maximum absolute atomic E-state index is 12.7. The van der Waals surface area contributed by atoms with E-state index >= 15 is 0 Å². The number of carbonyl (C=O) groups excluding carboxylic acids is 3. The highest BCUT2D eigenvalue weighted by molar-refractivity contribution is 7.99. The number of ether oxygens (including phenoxy) is 2. The molecule has 10 nitrogen and oxygen atoms in total. The van der Waals surface area contributed by atoms with E-state index in [-0.39, 0.29) is 27.1 Å². The van der Waals surface area contributed by atoms with Gasteiger partial charge in [-0.3, -0.25) is 4.79 Å². The first-order chi connectivity index (χ1) is 16.3. The molecule has 0 bridgehead atoms. The van der Waals surface area contributed by atoms with Crippen LogP contribution in [0.3, 0.4) is 0 Å². The van der Waals surface area contributed by atoms with Crippen LogP contribution in [0, 0.1) is 6.92 Å². The van der Waals surface area contributed by atoms with Gasteiger partial charge in [0.25, 0.3) is 0 Å². The number of amides is 1. The minimum atomic E-state index is -0.650. The Hall–Kier alpha value is -3.38. The highest BCUT2D eigenvalue weighted by Crippen LogP contribution is 2.34. The molecule has 0 spiro atoms. The molecule has 0 aliphatic rings. The maximum atomic E-state index is 12.7. The monoisotopic (exact) mass is 503 g/mol. The molecule has 0 aliphatic carbocycles. The lowest BCUT2D eigenvalue weighted by Gasteiger charge is -2.09.